The Morgan fingerprint density at radius 2 is 2.06 bits per heavy atom. The van der Waals surface area contributed by atoms with Gasteiger partial charge in [-0.25, -0.2) is 4.39 Å². The topological polar surface area (TPSA) is 32.5 Å². The third-order valence-corrected chi connectivity index (χ3v) is 3.93. The average molecular weight is 251 g/mol. The maximum Gasteiger partial charge on any atom is 0.129 e. The van der Waals surface area contributed by atoms with Crippen molar-refractivity contribution in [2.45, 2.75) is 25.9 Å². The summed E-state index contributed by atoms with van der Waals surface area (Å²) in [5, 5.41) is 0. The predicted octanol–water partition coefficient (Wildman–Crippen LogP) is 1.93. The normalized spacial score (nSPS) is 21.1. The lowest BCUT2D eigenvalue weighted by atomic mass is 9.99. The standard InChI is InChI=1S/C14H22FN3/c1-14(2)10-18(8-7-17(14)3)9-11-12(15)5-4-6-13(11)16/h4-6H,7-10,16H2,1-3H3. The molecule has 2 N–H and O–H groups in total. The molecule has 0 amide bonds. The van der Waals surface area contributed by atoms with Crippen LogP contribution in [-0.2, 0) is 6.54 Å². The minimum atomic E-state index is -0.202. The molecule has 100 valence electrons. The van der Waals surface area contributed by atoms with Crippen molar-refractivity contribution in [3.05, 3.63) is 29.6 Å². The first kappa shape index (κ1) is 13.3. The zero-order valence-electron chi connectivity index (χ0n) is 11.4. The maximum absolute atomic E-state index is 13.8. The van der Waals surface area contributed by atoms with E-state index in [9.17, 15) is 4.39 Å². The van der Waals surface area contributed by atoms with E-state index in [0.29, 0.717) is 17.8 Å². The lowest BCUT2D eigenvalue weighted by Crippen LogP contribution is -2.57. The van der Waals surface area contributed by atoms with Gasteiger partial charge in [-0.3, -0.25) is 9.80 Å². The fraction of sp³-hybridized carbons (Fsp3) is 0.571. The van der Waals surface area contributed by atoms with Crippen molar-refractivity contribution < 1.29 is 4.39 Å². The van der Waals surface area contributed by atoms with Crippen LogP contribution in [0.1, 0.15) is 19.4 Å². The Morgan fingerprint density at radius 3 is 2.67 bits per heavy atom. The molecule has 1 aliphatic rings. The quantitative estimate of drug-likeness (QED) is 0.815. The molecule has 0 saturated carbocycles. The van der Waals surface area contributed by atoms with Gasteiger partial charge in [0.2, 0.25) is 0 Å². The summed E-state index contributed by atoms with van der Waals surface area (Å²) in [6.45, 7) is 7.90. The Hall–Kier alpha value is -1.13. The van der Waals surface area contributed by atoms with Crippen LogP contribution in [-0.4, -0.2) is 42.0 Å². The fourth-order valence-electron chi connectivity index (χ4n) is 2.44. The molecule has 0 aliphatic carbocycles. The van der Waals surface area contributed by atoms with E-state index in [1.54, 1.807) is 12.1 Å². The van der Waals surface area contributed by atoms with E-state index in [1.165, 1.54) is 6.07 Å². The molecule has 0 aromatic heterocycles. The minimum Gasteiger partial charge on any atom is -0.398 e. The average Bonchev–Trinajstić information content (AvgIpc) is 2.28. The van der Waals surface area contributed by atoms with Gasteiger partial charge in [-0.2, -0.15) is 0 Å². The van der Waals surface area contributed by atoms with Crippen molar-refractivity contribution in [3.8, 4) is 0 Å². The molecule has 4 heteroatoms. The first-order valence-corrected chi connectivity index (χ1v) is 6.36. The molecule has 1 fully saturated rings. The molecule has 1 aromatic carbocycles. The summed E-state index contributed by atoms with van der Waals surface area (Å²) in [7, 11) is 2.13. The van der Waals surface area contributed by atoms with Crippen LogP contribution in [0.5, 0.6) is 0 Å². The van der Waals surface area contributed by atoms with Crippen molar-refractivity contribution in [2.24, 2.45) is 0 Å². The van der Waals surface area contributed by atoms with Gasteiger partial charge in [0.15, 0.2) is 0 Å². The van der Waals surface area contributed by atoms with Crippen LogP contribution in [0.2, 0.25) is 0 Å². The van der Waals surface area contributed by atoms with Crippen molar-refractivity contribution in [3.63, 3.8) is 0 Å². The summed E-state index contributed by atoms with van der Waals surface area (Å²) >= 11 is 0. The van der Waals surface area contributed by atoms with E-state index < -0.39 is 0 Å². The molecule has 18 heavy (non-hydrogen) atoms. The summed E-state index contributed by atoms with van der Waals surface area (Å²) in [5.74, 6) is -0.202. The SMILES string of the molecule is CN1CCN(Cc2c(N)cccc2F)CC1(C)C. The minimum absolute atomic E-state index is 0.123. The Balaban J connectivity index is 2.11. The monoisotopic (exact) mass is 251 g/mol. The molecule has 1 aromatic rings. The van der Waals surface area contributed by atoms with E-state index in [4.69, 9.17) is 5.73 Å². The number of nitrogens with zero attached hydrogens (tertiary/aromatic N) is 2. The molecule has 0 bridgehead atoms. The van der Waals surface area contributed by atoms with Gasteiger partial charge in [-0.05, 0) is 33.0 Å². The first-order valence-electron chi connectivity index (χ1n) is 6.36. The second-order valence-electron chi connectivity index (χ2n) is 5.75. The second-order valence-corrected chi connectivity index (χ2v) is 5.75. The van der Waals surface area contributed by atoms with E-state index in [0.717, 1.165) is 19.6 Å². The molecular formula is C14H22FN3. The molecule has 1 heterocycles. The van der Waals surface area contributed by atoms with Crippen molar-refractivity contribution in [2.75, 3.05) is 32.4 Å². The van der Waals surface area contributed by atoms with Crippen LogP contribution >= 0.6 is 0 Å². The molecule has 2 rings (SSSR count). The number of hydrogen-bond acceptors (Lipinski definition) is 3. The van der Waals surface area contributed by atoms with Crippen LogP contribution in [0.4, 0.5) is 10.1 Å². The van der Waals surface area contributed by atoms with Gasteiger partial charge in [0, 0.05) is 43.0 Å². The largest absolute Gasteiger partial charge is 0.398 e. The predicted molar refractivity (Wildman–Crippen MR) is 72.8 cm³/mol. The molecular weight excluding hydrogens is 229 g/mol. The summed E-state index contributed by atoms with van der Waals surface area (Å²) in [4.78, 5) is 4.61. The fourth-order valence-corrected chi connectivity index (χ4v) is 2.44. The van der Waals surface area contributed by atoms with Gasteiger partial charge in [0.25, 0.3) is 0 Å². The van der Waals surface area contributed by atoms with Crippen LogP contribution in [0, 0.1) is 5.82 Å². The molecule has 0 unspecified atom stereocenters. The van der Waals surface area contributed by atoms with Crippen LogP contribution in [0.3, 0.4) is 0 Å². The third-order valence-electron chi connectivity index (χ3n) is 3.93. The smallest absolute Gasteiger partial charge is 0.129 e. The summed E-state index contributed by atoms with van der Waals surface area (Å²) in [6, 6.07) is 4.90. The van der Waals surface area contributed by atoms with Gasteiger partial charge in [-0.1, -0.05) is 6.07 Å². The van der Waals surface area contributed by atoms with Gasteiger partial charge >= 0.3 is 0 Å². The van der Waals surface area contributed by atoms with Crippen LogP contribution < -0.4 is 5.73 Å². The van der Waals surface area contributed by atoms with Crippen molar-refractivity contribution in [1.82, 2.24) is 9.80 Å². The summed E-state index contributed by atoms with van der Waals surface area (Å²) in [5.41, 5.74) is 7.15. The van der Waals surface area contributed by atoms with Crippen molar-refractivity contribution in [1.29, 1.82) is 0 Å². The van der Waals surface area contributed by atoms with Gasteiger partial charge in [-0.15, -0.1) is 0 Å². The highest BCUT2D eigenvalue weighted by Gasteiger charge is 2.31. The number of piperazine rings is 1. The molecule has 0 spiro atoms. The Bertz CT molecular complexity index is 411. The second kappa shape index (κ2) is 4.86. The Morgan fingerprint density at radius 1 is 1.33 bits per heavy atom. The summed E-state index contributed by atoms with van der Waals surface area (Å²) < 4.78 is 13.8. The van der Waals surface area contributed by atoms with E-state index in [1.807, 2.05) is 0 Å². The van der Waals surface area contributed by atoms with E-state index in [2.05, 4.69) is 30.7 Å². The first-order chi connectivity index (χ1) is 8.40. The van der Waals surface area contributed by atoms with Crippen LogP contribution in [0.15, 0.2) is 18.2 Å². The highest BCUT2D eigenvalue weighted by Crippen LogP contribution is 2.23. The molecule has 0 atom stereocenters. The Labute approximate surface area is 108 Å². The number of benzene rings is 1. The van der Waals surface area contributed by atoms with E-state index in [-0.39, 0.29) is 11.4 Å². The number of halogens is 1. The maximum atomic E-state index is 13.8. The number of hydrogen-bond donors (Lipinski definition) is 1. The lowest BCUT2D eigenvalue weighted by molar-refractivity contribution is 0.0356. The lowest BCUT2D eigenvalue weighted by Gasteiger charge is -2.45. The number of likely N-dealkylation sites (N-methyl/N-ethyl adjacent to an activating group) is 1. The molecule has 0 radical (unpaired) electrons. The Kier molecular flexibility index (Phi) is 3.59. The van der Waals surface area contributed by atoms with Gasteiger partial charge < -0.3 is 5.73 Å². The number of rotatable bonds is 2. The zero-order chi connectivity index (χ0) is 13.3. The van der Waals surface area contributed by atoms with E-state index >= 15 is 0 Å². The van der Waals surface area contributed by atoms with Crippen molar-refractivity contribution >= 4 is 5.69 Å². The van der Waals surface area contributed by atoms with Gasteiger partial charge in [0.1, 0.15) is 5.82 Å². The third kappa shape index (κ3) is 2.65. The van der Waals surface area contributed by atoms with Gasteiger partial charge in [0.05, 0.1) is 0 Å². The molecule has 1 aliphatic heterocycles. The molecule has 1 saturated heterocycles. The highest BCUT2D eigenvalue weighted by atomic mass is 19.1. The van der Waals surface area contributed by atoms with Crippen LogP contribution in [0.25, 0.3) is 0 Å². The highest BCUT2D eigenvalue weighted by molar-refractivity contribution is 5.47. The molecule has 3 nitrogen and oxygen atoms in total. The summed E-state index contributed by atoms with van der Waals surface area (Å²) in [6.07, 6.45) is 0. The number of nitrogen functional groups attached to an aromatic ring is 1. The number of nitrogens with two attached hydrogens (primary N) is 1. The zero-order valence-corrected chi connectivity index (χ0v) is 11.4. The number of anilines is 1.